The fourth-order valence-corrected chi connectivity index (χ4v) is 2.49. The molecule has 0 bridgehead atoms. The van der Waals surface area contributed by atoms with Gasteiger partial charge in [0, 0.05) is 5.56 Å². The second-order valence-electron chi connectivity index (χ2n) is 6.49. The van der Waals surface area contributed by atoms with E-state index in [4.69, 9.17) is 4.74 Å². The van der Waals surface area contributed by atoms with E-state index >= 15 is 0 Å². The first kappa shape index (κ1) is 13.9. The number of nitrogens with zero attached hydrogens (tertiary/aromatic N) is 1. The van der Waals surface area contributed by atoms with E-state index in [9.17, 15) is 0 Å². The van der Waals surface area contributed by atoms with Crippen LogP contribution >= 0.6 is 0 Å². The van der Waals surface area contributed by atoms with E-state index in [-0.39, 0.29) is 11.5 Å². The van der Waals surface area contributed by atoms with Crippen LogP contribution in [0.3, 0.4) is 0 Å². The summed E-state index contributed by atoms with van der Waals surface area (Å²) in [6.07, 6.45) is 0.0363. The van der Waals surface area contributed by atoms with Crippen LogP contribution in [-0.2, 0) is 10.2 Å². The Balaban J connectivity index is 1.73. The average molecular weight is 279 g/mol. The van der Waals surface area contributed by atoms with Crippen molar-refractivity contribution < 1.29 is 4.74 Å². The molecule has 0 spiro atoms. The Kier molecular flexibility index (Phi) is 3.54. The first-order valence-electron chi connectivity index (χ1n) is 7.41. The van der Waals surface area contributed by atoms with Crippen molar-refractivity contribution in [3.05, 3.63) is 71.3 Å². The second kappa shape index (κ2) is 5.36. The summed E-state index contributed by atoms with van der Waals surface area (Å²) in [6, 6.07) is 18.8. The number of ether oxygens (including phenoxy) is 1. The number of hydrogen-bond acceptors (Lipinski definition) is 2. The predicted octanol–water partition coefficient (Wildman–Crippen LogP) is 4.50. The molecule has 0 amide bonds. The molecule has 21 heavy (non-hydrogen) atoms. The summed E-state index contributed by atoms with van der Waals surface area (Å²) < 4.78 is 6.01. The molecule has 0 fully saturated rings. The molecule has 0 radical (unpaired) electrons. The van der Waals surface area contributed by atoms with Crippen molar-refractivity contribution in [3.8, 4) is 0 Å². The zero-order valence-electron chi connectivity index (χ0n) is 12.8. The fourth-order valence-electron chi connectivity index (χ4n) is 2.49. The minimum atomic E-state index is 0.0363. The second-order valence-corrected chi connectivity index (χ2v) is 6.49. The minimum absolute atomic E-state index is 0.0363. The summed E-state index contributed by atoms with van der Waals surface area (Å²) in [5.74, 6) is 0.750. The Morgan fingerprint density at radius 1 is 0.952 bits per heavy atom. The van der Waals surface area contributed by atoms with Crippen LogP contribution in [-0.4, -0.2) is 12.4 Å². The third-order valence-electron chi connectivity index (χ3n) is 3.82. The van der Waals surface area contributed by atoms with Crippen LogP contribution in [0.5, 0.6) is 0 Å². The minimum Gasteiger partial charge on any atom is -0.467 e. The van der Waals surface area contributed by atoms with E-state index in [1.54, 1.807) is 0 Å². The quantitative estimate of drug-likeness (QED) is 0.793. The SMILES string of the molecule is CC(C)(C)c1ccc(C2CN=C(c3ccccc3)O2)cc1. The lowest BCUT2D eigenvalue weighted by molar-refractivity contribution is 0.230. The maximum absolute atomic E-state index is 6.01. The smallest absolute Gasteiger partial charge is 0.216 e. The highest BCUT2D eigenvalue weighted by Crippen LogP contribution is 2.28. The van der Waals surface area contributed by atoms with Gasteiger partial charge in [0.25, 0.3) is 0 Å². The predicted molar refractivity (Wildman–Crippen MR) is 86.8 cm³/mol. The van der Waals surface area contributed by atoms with Gasteiger partial charge in [-0.1, -0.05) is 63.2 Å². The average Bonchev–Trinajstić information content (AvgIpc) is 2.97. The molecule has 0 aliphatic carbocycles. The van der Waals surface area contributed by atoms with E-state index in [1.165, 1.54) is 11.1 Å². The van der Waals surface area contributed by atoms with Crippen molar-refractivity contribution in [2.75, 3.05) is 6.54 Å². The third kappa shape index (κ3) is 2.99. The van der Waals surface area contributed by atoms with Gasteiger partial charge in [0.2, 0.25) is 5.90 Å². The van der Waals surface area contributed by atoms with Crippen molar-refractivity contribution >= 4 is 5.90 Å². The fraction of sp³-hybridized carbons (Fsp3) is 0.316. The highest BCUT2D eigenvalue weighted by Gasteiger charge is 2.23. The van der Waals surface area contributed by atoms with E-state index in [2.05, 4.69) is 50.0 Å². The molecule has 1 atom stereocenters. The Hall–Kier alpha value is -2.09. The van der Waals surface area contributed by atoms with Gasteiger partial charge >= 0.3 is 0 Å². The first-order valence-corrected chi connectivity index (χ1v) is 7.41. The molecule has 0 saturated carbocycles. The summed E-state index contributed by atoms with van der Waals surface area (Å²) in [7, 11) is 0. The molecule has 2 aromatic rings. The molecule has 2 heteroatoms. The zero-order valence-corrected chi connectivity index (χ0v) is 12.8. The van der Waals surface area contributed by atoms with Crippen molar-refractivity contribution in [3.63, 3.8) is 0 Å². The lowest BCUT2D eigenvalue weighted by Gasteiger charge is -2.20. The normalized spacial score (nSPS) is 18.2. The molecule has 1 unspecified atom stereocenters. The molecule has 3 rings (SSSR count). The van der Waals surface area contributed by atoms with Gasteiger partial charge in [0.05, 0.1) is 6.54 Å². The van der Waals surface area contributed by atoms with Gasteiger partial charge in [0.1, 0.15) is 6.10 Å². The van der Waals surface area contributed by atoms with Crippen LogP contribution < -0.4 is 0 Å². The topological polar surface area (TPSA) is 21.6 Å². The summed E-state index contributed by atoms with van der Waals surface area (Å²) in [4.78, 5) is 4.53. The monoisotopic (exact) mass is 279 g/mol. The van der Waals surface area contributed by atoms with Gasteiger partial charge in [-0.15, -0.1) is 0 Å². The number of aliphatic imine (C=N–C) groups is 1. The Bertz CT molecular complexity index is 636. The Morgan fingerprint density at radius 3 is 2.24 bits per heavy atom. The third-order valence-corrected chi connectivity index (χ3v) is 3.82. The van der Waals surface area contributed by atoms with Gasteiger partial charge in [-0.2, -0.15) is 0 Å². The van der Waals surface area contributed by atoms with Crippen LogP contribution in [0.1, 0.15) is 43.6 Å². The van der Waals surface area contributed by atoms with E-state index in [0.717, 1.165) is 11.5 Å². The summed E-state index contributed by atoms with van der Waals surface area (Å²) in [5.41, 5.74) is 3.76. The van der Waals surface area contributed by atoms with Crippen molar-refractivity contribution in [2.24, 2.45) is 4.99 Å². The molecule has 0 saturated heterocycles. The lowest BCUT2D eigenvalue weighted by Crippen LogP contribution is -2.11. The highest BCUT2D eigenvalue weighted by molar-refractivity contribution is 5.95. The van der Waals surface area contributed by atoms with Gasteiger partial charge in [-0.05, 0) is 28.7 Å². The molecule has 1 aliphatic heterocycles. The maximum atomic E-state index is 6.01. The van der Waals surface area contributed by atoms with E-state index in [1.807, 2.05) is 30.3 Å². The molecule has 1 heterocycles. The standard InChI is InChI=1S/C19H21NO/c1-19(2,3)16-11-9-14(10-12-16)17-13-20-18(21-17)15-7-5-4-6-8-15/h4-12,17H,13H2,1-3H3. The van der Waals surface area contributed by atoms with Crippen LogP contribution in [0.25, 0.3) is 0 Å². The Labute approximate surface area is 126 Å². The molecule has 1 aliphatic rings. The van der Waals surface area contributed by atoms with Crippen LogP contribution in [0.15, 0.2) is 59.6 Å². The number of rotatable bonds is 2. The van der Waals surface area contributed by atoms with Crippen LogP contribution in [0.4, 0.5) is 0 Å². The van der Waals surface area contributed by atoms with E-state index in [0.29, 0.717) is 6.54 Å². The van der Waals surface area contributed by atoms with Crippen LogP contribution in [0.2, 0.25) is 0 Å². The van der Waals surface area contributed by atoms with Gasteiger partial charge in [0.15, 0.2) is 0 Å². The molecule has 2 aromatic carbocycles. The largest absolute Gasteiger partial charge is 0.467 e. The zero-order chi connectivity index (χ0) is 14.9. The van der Waals surface area contributed by atoms with Crippen LogP contribution in [0, 0.1) is 0 Å². The Morgan fingerprint density at radius 2 is 1.62 bits per heavy atom. The summed E-state index contributed by atoms with van der Waals surface area (Å²) >= 11 is 0. The molecule has 0 aromatic heterocycles. The van der Waals surface area contributed by atoms with Crippen molar-refractivity contribution in [1.29, 1.82) is 0 Å². The molecule has 0 N–H and O–H groups in total. The van der Waals surface area contributed by atoms with Gasteiger partial charge in [-0.3, -0.25) is 0 Å². The molecular formula is C19H21NO. The lowest BCUT2D eigenvalue weighted by atomic mass is 9.86. The molecule has 108 valence electrons. The van der Waals surface area contributed by atoms with Crippen molar-refractivity contribution in [1.82, 2.24) is 0 Å². The molecule has 2 nitrogen and oxygen atoms in total. The van der Waals surface area contributed by atoms with Gasteiger partial charge in [-0.25, -0.2) is 4.99 Å². The first-order chi connectivity index (χ1) is 10.0. The van der Waals surface area contributed by atoms with Gasteiger partial charge < -0.3 is 4.74 Å². The summed E-state index contributed by atoms with van der Waals surface area (Å²) in [5, 5.41) is 0. The summed E-state index contributed by atoms with van der Waals surface area (Å²) in [6.45, 7) is 7.37. The number of benzene rings is 2. The van der Waals surface area contributed by atoms with Crippen molar-refractivity contribution in [2.45, 2.75) is 32.3 Å². The number of hydrogen-bond donors (Lipinski definition) is 0. The molecular weight excluding hydrogens is 258 g/mol. The van der Waals surface area contributed by atoms with E-state index < -0.39 is 0 Å². The highest BCUT2D eigenvalue weighted by atomic mass is 16.5. The maximum Gasteiger partial charge on any atom is 0.216 e.